The maximum atomic E-state index is 13.3. The number of aromatic nitrogens is 1. The van der Waals surface area contributed by atoms with Crippen molar-refractivity contribution >= 4 is 56.8 Å². The lowest BCUT2D eigenvalue weighted by Crippen LogP contribution is -2.36. The van der Waals surface area contributed by atoms with Crippen molar-refractivity contribution in [3.8, 4) is 0 Å². The summed E-state index contributed by atoms with van der Waals surface area (Å²) in [6.07, 6.45) is 0. The Morgan fingerprint density at radius 3 is 2.59 bits per heavy atom. The van der Waals surface area contributed by atoms with Crippen LogP contribution in [0, 0.1) is 0 Å². The summed E-state index contributed by atoms with van der Waals surface area (Å²) in [6.45, 7) is 3.51. The predicted molar refractivity (Wildman–Crippen MR) is 120 cm³/mol. The van der Waals surface area contributed by atoms with Crippen molar-refractivity contribution < 1.29 is 4.79 Å². The van der Waals surface area contributed by atoms with Crippen LogP contribution in [0.2, 0.25) is 0 Å². The van der Waals surface area contributed by atoms with Gasteiger partial charge in [-0.2, -0.15) is 0 Å². The van der Waals surface area contributed by atoms with Crippen LogP contribution in [0.1, 0.15) is 17.3 Å². The third kappa shape index (κ3) is 5.45. The second kappa shape index (κ2) is 10.1. The van der Waals surface area contributed by atoms with Crippen molar-refractivity contribution in [2.45, 2.75) is 11.8 Å². The second-order valence-electron chi connectivity index (χ2n) is 6.19. The molecule has 3 aromatic rings. The van der Waals surface area contributed by atoms with Gasteiger partial charge in [0, 0.05) is 23.5 Å². The van der Waals surface area contributed by atoms with E-state index in [4.69, 9.17) is 4.98 Å². The summed E-state index contributed by atoms with van der Waals surface area (Å²) >= 11 is 3.31. The number of carbonyl (C=O) groups is 1. The number of halogens is 1. The predicted octanol–water partition coefficient (Wildman–Crippen LogP) is 5.04. The van der Waals surface area contributed by atoms with E-state index in [1.165, 1.54) is 0 Å². The van der Waals surface area contributed by atoms with E-state index in [-0.39, 0.29) is 18.3 Å². The van der Waals surface area contributed by atoms with Crippen molar-refractivity contribution in [2.75, 3.05) is 37.8 Å². The number of nitrogens with zero attached hydrogens (tertiary/aromatic N) is 3. The molecule has 0 N–H and O–H groups in total. The minimum absolute atomic E-state index is 0. The molecule has 0 radical (unpaired) electrons. The van der Waals surface area contributed by atoms with E-state index in [9.17, 15) is 4.79 Å². The molecule has 27 heavy (non-hydrogen) atoms. The third-order valence-electron chi connectivity index (χ3n) is 3.92. The van der Waals surface area contributed by atoms with Gasteiger partial charge in [0.05, 0.1) is 10.2 Å². The summed E-state index contributed by atoms with van der Waals surface area (Å²) in [4.78, 5) is 23.0. The van der Waals surface area contributed by atoms with Crippen molar-refractivity contribution in [3.63, 3.8) is 0 Å². The van der Waals surface area contributed by atoms with Gasteiger partial charge in [0.15, 0.2) is 5.13 Å². The molecule has 0 fully saturated rings. The molecule has 4 nitrogen and oxygen atoms in total. The Morgan fingerprint density at radius 2 is 1.89 bits per heavy atom. The molecule has 0 saturated heterocycles. The molecule has 0 aliphatic heterocycles. The minimum atomic E-state index is 0. The van der Waals surface area contributed by atoms with Gasteiger partial charge >= 0.3 is 0 Å². The highest BCUT2D eigenvalue weighted by Crippen LogP contribution is 2.30. The first-order chi connectivity index (χ1) is 12.6. The summed E-state index contributed by atoms with van der Waals surface area (Å²) in [5.41, 5.74) is 1.65. The lowest BCUT2D eigenvalue weighted by Gasteiger charge is -2.22. The van der Waals surface area contributed by atoms with Gasteiger partial charge < -0.3 is 4.90 Å². The Balaban J connectivity index is 0.00000261. The number of thiazole rings is 1. The first kappa shape index (κ1) is 21.7. The molecule has 1 heterocycles. The molecule has 0 aliphatic carbocycles. The zero-order chi connectivity index (χ0) is 18.5. The van der Waals surface area contributed by atoms with E-state index >= 15 is 0 Å². The first-order valence-electron chi connectivity index (χ1n) is 8.63. The monoisotopic (exact) mass is 421 g/mol. The number of rotatable bonds is 7. The second-order valence-corrected chi connectivity index (χ2v) is 8.53. The van der Waals surface area contributed by atoms with Crippen LogP contribution in [0.5, 0.6) is 0 Å². The zero-order valence-corrected chi connectivity index (χ0v) is 18.2. The van der Waals surface area contributed by atoms with Gasteiger partial charge in [0.25, 0.3) is 5.91 Å². The molecule has 0 atom stereocenters. The fourth-order valence-corrected chi connectivity index (χ4v) is 4.31. The number of carbonyl (C=O) groups excluding carboxylic acids is 1. The van der Waals surface area contributed by atoms with E-state index < -0.39 is 0 Å². The molecule has 144 valence electrons. The Morgan fingerprint density at radius 1 is 1.11 bits per heavy atom. The molecule has 1 aromatic heterocycles. The molecule has 0 aliphatic rings. The normalized spacial score (nSPS) is 10.8. The van der Waals surface area contributed by atoms with E-state index in [2.05, 4.69) is 11.8 Å². The van der Waals surface area contributed by atoms with Gasteiger partial charge in [-0.05, 0) is 50.2 Å². The number of hydrogen-bond donors (Lipinski definition) is 0. The molecule has 7 heteroatoms. The largest absolute Gasteiger partial charge is 0.308 e. The molecule has 3 rings (SSSR count). The lowest BCUT2D eigenvalue weighted by molar-refractivity contribution is 0.0985. The standard InChI is InChI=1S/C20H23N3OS2.ClH/c1-4-25-16-9-7-8-15(14-16)19(24)23(13-12-22(2)3)20-21-17-10-5-6-11-18(17)26-20;/h5-11,14H,4,12-13H2,1-3H3;1H. The fourth-order valence-electron chi connectivity index (χ4n) is 2.60. The topological polar surface area (TPSA) is 36.4 Å². The molecule has 0 unspecified atom stereocenters. The van der Waals surface area contributed by atoms with Gasteiger partial charge in [-0.1, -0.05) is 36.5 Å². The quantitative estimate of drug-likeness (QED) is 0.501. The number of anilines is 1. The van der Waals surface area contributed by atoms with Gasteiger partial charge in [0.2, 0.25) is 0 Å². The number of likely N-dealkylation sites (N-methyl/N-ethyl adjacent to an activating group) is 1. The van der Waals surface area contributed by atoms with Gasteiger partial charge in [-0.15, -0.1) is 24.2 Å². The number of thioether (sulfide) groups is 1. The third-order valence-corrected chi connectivity index (χ3v) is 5.86. The SMILES string of the molecule is CCSc1cccc(C(=O)N(CCN(C)C)c2nc3ccccc3s2)c1.Cl. The van der Waals surface area contributed by atoms with Crippen LogP contribution in [0.15, 0.2) is 53.4 Å². The van der Waals surface area contributed by atoms with Gasteiger partial charge in [-0.25, -0.2) is 4.98 Å². The number of fused-ring (bicyclic) bond motifs is 1. The van der Waals surface area contributed by atoms with Crippen LogP contribution < -0.4 is 4.90 Å². The summed E-state index contributed by atoms with van der Waals surface area (Å²) in [7, 11) is 4.03. The first-order valence-corrected chi connectivity index (χ1v) is 10.4. The molecule has 0 bridgehead atoms. The molecule has 0 saturated carbocycles. The van der Waals surface area contributed by atoms with Crippen LogP contribution in [-0.2, 0) is 0 Å². The fraction of sp³-hybridized carbons (Fsp3) is 0.300. The maximum Gasteiger partial charge on any atom is 0.260 e. The molecule has 2 aromatic carbocycles. The lowest BCUT2D eigenvalue weighted by atomic mass is 10.2. The van der Waals surface area contributed by atoms with Crippen LogP contribution in [-0.4, -0.2) is 48.7 Å². The van der Waals surface area contributed by atoms with E-state index in [0.29, 0.717) is 12.1 Å². The smallest absolute Gasteiger partial charge is 0.260 e. The number of amides is 1. The summed E-state index contributed by atoms with van der Waals surface area (Å²) in [6, 6.07) is 15.9. The molecular weight excluding hydrogens is 398 g/mol. The van der Waals surface area contributed by atoms with Crippen LogP contribution in [0.25, 0.3) is 10.2 Å². The van der Waals surface area contributed by atoms with E-state index in [1.807, 2.05) is 62.6 Å². The Bertz CT molecular complexity index is 865. The Labute approximate surface area is 175 Å². The van der Waals surface area contributed by atoms with Crippen LogP contribution in [0.4, 0.5) is 5.13 Å². The average Bonchev–Trinajstić information content (AvgIpc) is 3.05. The minimum Gasteiger partial charge on any atom is -0.308 e. The van der Waals surface area contributed by atoms with Crippen molar-refractivity contribution in [1.29, 1.82) is 0 Å². The van der Waals surface area contributed by atoms with Gasteiger partial charge in [-0.3, -0.25) is 9.69 Å². The molecule has 1 amide bonds. The average molecular weight is 422 g/mol. The van der Waals surface area contributed by atoms with E-state index in [1.54, 1.807) is 28.0 Å². The Hall–Kier alpha value is -1.60. The summed E-state index contributed by atoms with van der Waals surface area (Å²) in [5.74, 6) is 0.990. The van der Waals surface area contributed by atoms with Crippen LogP contribution in [0.3, 0.4) is 0 Å². The summed E-state index contributed by atoms with van der Waals surface area (Å²) in [5, 5.41) is 0.756. The Kier molecular flexibility index (Phi) is 8.10. The highest BCUT2D eigenvalue weighted by Gasteiger charge is 2.21. The van der Waals surface area contributed by atoms with Crippen molar-refractivity contribution in [1.82, 2.24) is 9.88 Å². The van der Waals surface area contributed by atoms with Gasteiger partial charge in [0.1, 0.15) is 0 Å². The zero-order valence-electron chi connectivity index (χ0n) is 15.7. The molecular formula is C20H24ClN3OS2. The van der Waals surface area contributed by atoms with Crippen LogP contribution >= 0.6 is 35.5 Å². The highest BCUT2D eigenvalue weighted by molar-refractivity contribution is 7.99. The number of hydrogen-bond acceptors (Lipinski definition) is 5. The highest BCUT2D eigenvalue weighted by atomic mass is 35.5. The summed E-state index contributed by atoms with van der Waals surface area (Å²) < 4.78 is 1.10. The maximum absolute atomic E-state index is 13.3. The van der Waals surface area contributed by atoms with E-state index in [0.717, 1.165) is 32.5 Å². The van der Waals surface area contributed by atoms with Crippen molar-refractivity contribution in [3.05, 3.63) is 54.1 Å². The molecule has 0 spiro atoms. The number of para-hydroxylation sites is 1. The van der Waals surface area contributed by atoms with Crippen molar-refractivity contribution in [2.24, 2.45) is 0 Å². The number of benzene rings is 2.